The zero-order chi connectivity index (χ0) is 13.4. The topological polar surface area (TPSA) is 29.1 Å². The molecule has 1 saturated carbocycles. The summed E-state index contributed by atoms with van der Waals surface area (Å²) in [5.41, 5.74) is 0.195. The van der Waals surface area contributed by atoms with Crippen molar-refractivity contribution in [3.05, 3.63) is 0 Å². The Balaban J connectivity index is 2.34. The summed E-state index contributed by atoms with van der Waals surface area (Å²) in [5.74, 6) is 0.560. The van der Waals surface area contributed by atoms with Crippen LogP contribution in [0.1, 0.15) is 65.2 Å². The van der Waals surface area contributed by atoms with Gasteiger partial charge in [0.1, 0.15) is 0 Å². The summed E-state index contributed by atoms with van der Waals surface area (Å²) in [6, 6.07) is 0. The van der Waals surface area contributed by atoms with E-state index < -0.39 is 0 Å². The first-order valence-corrected chi connectivity index (χ1v) is 8.51. The van der Waals surface area contributed by atoms with Crippen molar-refractivity contribution in [2.45, 2.75) is 65.2 Å². The highest BCUT2D eigenvalue weighted by atomic mass is 79.9. The van der Waals surface area contributed by atoms with E-state index in [1.165, 1.54) is 32.1 Å². The van der Waals surface area contributed by atoms with Crippen molar-refractivity contribution in [1.29, 1.82) is 0 Å². The maximum absolute atomic E-state index is 12.2. The van der Waals surface area contributed by atoms with Crippen LogP contribution in [0.3, 0.4) is 0 Å². The van der Waals surface area contributed by atoms with Gasteiger partial charge in [0.15, 0.2) is 0 Å². The standard InChI is InChI=1S/C15H28BrNO/c1-15(2,10-11-16)12-17-14(18)13-8-6-4-3-5-7-9-13/h13H,3-12H2,1-2H3,(H,17,18). The van der Waals surface area contributed by atoms with Crippen molar-refractivity contribution in [2.24, 2.45) is 11.3 Å². The molecular weight excluding hydrogens is 290 g/mol. The second-order valence-corrected chi connectivity index (χ2v) is 7.16. The fourth-order valence-electron chi connectivity index (χ4n) is 2.53. The molecule has 0 heterocycles. The summed E-state index contributed by atoms with van der Waals surface area (Å²) in [4.78, 5) is 12.2. The van der Waals surface area contributed by atoms with E-state index in [4.69, 9.17) is 0 Å². The van der Waals surface area contributed by atoms with Crippen LogP contribution in [0.15, 0.2) is 0 Å². The lowest BCUT2D eigenvalue weighted by atomic mass is 9.88. The second-order valence-electron chi connectivity index (χ2n) is 6.36. The van der Waals surface area contributed by atoms with Crippen molar-refractivity contribution in [3.63, 3.8) is 0 Å². The normalized spacial score (nSPS) is 19.1. The van der Waals surface area contributed by atoms with E-state index in [1.807, 2.05) is 0 Å². The van der Waals surface area contributed by atoms with E-state index in [9.17, 15) is 4.79 Å². The molecule has 0 aliphatic heterocycles. The molecule has 0 bridgehead atoms. The van der Waals surface area contributed by atoms with Crippen LogP contribution in [0, 0.1) is 11.3 Å². The fraction of sp³-hybridized carbons (Fsp3) is 0.933. The maximum atomic E-state index is 12.2. The first kappa shape index (κ1) is 16.0. The molecule has 0 aromatic rings. The van der Waals surface area contributed by atoms with Gasteiger partial charge in [0.2, 0.25) is 5.91 Å². The Bertz CT molecular complexity index is 245. The largest absolute Gasteiger partial charge is 0.355 e. The van der Waals surface area contributed by atoms with Gasteiger partial charge in [-0.05, 0) is 24.7 Å². The van der Waals surface area contributed by atoms with Crippen LogP contribution in [0.4, 0.5) is 0 Å². The van der Waals surface area contributed by atoms with Crippen LogP contribution < -0.4 is 5.32 Å². The zero-order valence-corrected chi connectivity index (χ0v) is 13.5. The minimum Gasteiger partial charge on any atom is -0.355 e. The molecule has 1 amide bonds. The Morgan fingerprint density at radius 1 is 1.17 bits per heavy atom. The summed E-state index contributed by atoms with van der Waals surface area (Å²) in [6.07, 6.45) is 9.68. The number of carbonyl (C=O) groups excluding carboxylic acids is 1. The molecule has 0 aromatic carbocycles. The first-order chi connectivity index (χ1) is 8.55. The Morgan fingerprint density at radius 2 is 1.72 bits per heavy atom. The number of amides is 1. The molecule has 1 N–H and O–H groups in total. The van der Waals surface area contributed by atoms with Crippen molar-refractivity contribution in [3.8, 4) is 0 Å². The van der Waals surface area contributed by atoms with Gasteiger partial charge in [-0.15, -0.1) is 0 Å². The van der Waals surface area contributed by atoms with Gasteiger partial charge in [-0.1, -0.05) is 61.9 Å². The number of hydrogen-bond donors (Lipinski definition) is 1. The van der Waals surface area contributed by atoms with Crippen molar-refractivity contribution >= 4 is 21.8 Å². The van der Waals surface area contributed by atoms with E-state index in [0.29, 0.717) is 5.91 Å². The molecule has 106 valence electrons. The third kappa shape index (κ3) is 6.21. The number of nitrogens with one attached hydrogen (secondary N) is 1. The average Bonchev–Trinajstić information content (AvgIpc) is 2.25. The summed E-state index contributed by atoms with van der Waals surface area (Å²) in [6.45, 7) is 5.23. The number of carbonyl (C=O) groups is 1. The fourth-order valence-corrected chi connectivity index (χ4v) is 3.61. The minimum atomic E-state index is 0.195. The lowest BCUT2D eigenvalue weighted by molar-refractivity contribution is -0.126. The van der Waals surface area contributed by atoms with E-state index >= 15 is 0 Å². The third-order valence-corrected chi connectivity index (χ3v) is 4.38. The highest BCUT2D eigenvalue weighted by Crippen LogP contribution is 2.24. The Labute approximate surface area is 120 Å². The van der Waals surface area contributed by atoms with Gasteiger partial charge >= 0.3 is 0 Å². The molecule has 1 aliphatic rings. The van der Waals surface area contributed by atoms with Gasteiger partial charge < -0.3 is 5.32 Å². The molecule has 0 saturated heterocycles. The summed E-state index contributed by atoms with van der Waals surface area (Å²) in [5, 5.41) is 4.17. The predicted octanol–water partition coefficient (Wildman–Crippen LogP) is 4.27. The monoisotopic (exact) mass is 317 g/mol. The van der Waals surface area contributed by atoms with Crippen LogP contribution in [0.25, 0.3) is 0 Å². The molecule has 0 spiro atoms. The number of halogens is 1. The van der Waals surface area contributed by atoms with Gasteiger partial charge in [0.25, 0.3) is 0 Å². The lowest BCUT2D eigenvalue weighted by Gasteiger charge is -2.26. The van der Waals surface area contributed by atoms with Crippen LogP contribution in [-0.2, 0) is 4.79 Å². The molecule has 0 atom stereocenters. The Morgan fingerprint density at radius 3 is 2.28 bits per heavy atom. The molecule has 18 heavy (non-hydrogen) atoms. The highest BCUT2D eigenvalue weighted by Gasteiger charge is 2.22. The summed E-state index contributed by atoms with van der Waals surface area (Å²) in [7, 11) is 0. The van der Waals surface area contributed by atoms with Crippen molar-refractivity contribution in [2.75, 3.05) is 11.9 Å². The number of alkyl halides is 1. The molecule has 1 fully saturated rings. The molecular formula is C15H28BrNO. The predicted molar refractivity (Wildman–Crippen MR) is 81.0 cm³/mol. The number of hydrogen-bond acceptors (Lipinski definition) is 1. The van der Waals surface area contributed by atoms with Gasteiger partial charge in [0, 0.05) is 17.8 Å². The van der Waals surface area contributed by atoms with E-state index in [-0.39, 0.29) is 11.3 Å². The SMILES string of the molecule is CC(C)(CCBr)CNC(=O)C1CCCCCCC1. The van der Waals surface area contributed by atoms with Crippen LogP contribution >= 0.6 is 15.9 Å². The van der Waals surface area contributed by atoms with Gasteiger partial charge in [0.05, 0.1) is 0 Å². The molecule has 1 rings (SSSR count). The van der Waals surface area contributed by atoms with Gasteiger partial charge in [-0.2, -0.15) is 0 Å². The highest BCUT2D eigenvalue weighted by molar-refractivity contribution is 9.09. The molecule has 0 radical (unpaired) electrons. The van der Waals surface area contributed by atoms with Crippen LogP contribution in [0.5, 0.6) is 0 Å². The van der Waals surface area contributed by atoms with Crippen LogP contribution in [0.2, 0.25) is 0 Å². The van der Waals surface area contributed by atoms with Crippen LogP contribution in [-0.4, -0.2) is 17.8 Å². The maximum Gasteiger partial charge on any atom is 0.223 e. The molecule has 0 aromatic heterocycles. The molecule has 1 aliphatic carbocycles. The number of rotatable bonds is 5. The second kappa shape index (κ2) is 8.19. The van der Waals surface area contributed by atoms with Crippen molar-refractivity contribution < 1.29 is 4.79 Å². The van der Waals surface area contributed by atoms with E-state index in [1.54, 1.807) is 0 Å². The molecule has 3 heteroatoms. The zero-order valence-electron chi connectivity index (χ0n) is 11.9. The lowest BCUT2D eigenvalue weighted by Crippen LogP contribution is -2.38. The Hall–Kier alpha value is -0.0500. The average molecular weight is 318 g/mol. The quantitative estimate of drug-likeness (QED) is 0.753. The first-order valence-electron chi connectivity index (χ1n) is 7.39. The van der Waals surface area contributed by atoms with E-state index in [0.717, 1.165) is 31.1 Å². The van der Waals surface area contributed by atoms with Gasteiger partial charge in [-0.3, -0.25) is 4.79 Å². The summed E-state index contributed by atoms with van der Waals surface area (Å²) >= 11 is 3.48. The van der Waals surface area contributed by atoms with Crippen molar-refractivity contribution in [1.82, 2.24) is 5.32 Å². The Kier molecular flexibility index (Phi) is 7.28. The summed E-state index contributed by atoms with van der Waals surface area (Å²) < 4.78 is 0. The van der Waals surface area contributed by atoms with E-state index in [2.05, 4.69) is 35.1 Å². The third-order valence-electron chi connectivity index (χ3n) is 3.99. The minimum absolute atomic E-state index is 0.195. The molecule has 0 unspecified atom stereocenters. The van der Waals surface area contributed by atoms with Gasteiger partial charge in [-0.25, -0.2) is 0 Å². The molecule has 2 nitrogen and oxygen atoms in total. The smallest absolute Gasteiger partial charge is 0.223 e.